The zero-order valence-corrected chi connectivity index (χ0v) is 31.1. The number of fused-ring (bicyclic) bond motifs is 2. The van der Waals surface area contributed by atoms with E-state index in [0.29, 0.717) is 67.6 Å². The first kappa shape index (κ1) is 35.6. The van der Waals surface area contributed by atoms with Gasteiger partial charge in [-0.05, 0) is 48.7 Å². The number of hydrogen-bond acceptors (Lipinski definition) is 13. The molecule has 9 rings (SSSR count). The van der Waals surface area contributed by atoms with Gasteiger partial charge in [-0.25, -0.2) is 29.1 Å². The number of benzene rings is 1. The fourth-order valence-corrected chi connectivity index (χ4v) is 8.02. The Hall–Kier alpha value is -6.10. The molecule has 16 nitrogen and oxygen atoms in total. The lowest BCUT2D eigenvalue weighted by Crippen LogP contribution is -2.63. The van der Waals surface area contributed by atoms with Crippen molar-refractivity contribution in [3.8, 4) is 5.88 Å². The summed E-state index contributed by atoms with van der Waals surface area (Å²) in [5.41, 5.74) is 6.56. The van der Waals surface area contributed by atoms with Crippen LogP contribution in [0, 0.1) is 12.7 Å². The number of nitrogens with zero attached hydrogens (tertiary/aromatic N) is 9. The molecule has 3 N–H and O–H groups in total. The highest BCUT2D eigenvalue weighted by molar-refractivity contribution is 6.05. The van der Waals surface area contributed by atoms with Crippen LogP contribution in [-0.4, -0.2) is 119 Å². The molecule has 1 aromatic carbocycles. The van der Waals surface area contributed by atoms with Crippen LogP contribution in [0.5, 0.6) is 5.88 Å². The van der Waals surface area contributed by atoms with Gasteiger partial charge in [0, 0.05) is 88.8 Å². The highest BCUT2D eigenvalue weighted by Gasteiger charge is 2.35. The Balaban J connectivity index is 0.747. The largest absolute Gasteiger partial charge is 0.474 e. The van der Waals surface area contributed by atoms with E-state index in [9.17, 15) is 14.4 Å². The summed E-state index contributed by atoms with van der Waals surface area (Å²) in [5.74, 6) is 1.04. The second kappa shape index (κ2) is 14.9. The highest BCUT2D eigenvalue weighted by Crippen LogP contribution is 2.36. The number of amides is 4. The minimum Gasteiger partial charge on any atom is -0.474 e. The number of carbonyl (C=O) groups excluding carboxylic acids is 3. The van der Waals surface area contributed by atoms with E-state index in [2.05, 4.69) is 52.5 Å². The summed E-state index contributed by atoms with van der Waals surface area (Å²) in [6.07, 6.45) is 6.41. The molecule has 0 atom stereocenters. The maximum atomic E-state index is 15.4. The predicted molar refractivity (Wildman–Crippen MR) is 207 cm³/mol. The van der Waals surface area contributed by atoms with E-state index in [1.807, 2.05) is 29.4 Å². The van der Waals surface area contributed by atoms with Gasteiger partial charge in [0.2, 0.25) is 23.6 Å². The van der Waals surface area contributed by atoms with Gasteiger partial charge in [-0.3, -0.25) is 24.7 Å². The maximum absolute atomic E-state index is 15.4. The van der Waals surface area contributed by atoms with Crippen molar-refractivity contribution in [1.82, 2.24) is 35.1 Å². The monoisotopic (exact) mass is 762 g/mol. The molecule has 3 saturated heterocycles. The minimum absolute atomic E-state index is 0.00975. The molecule has 17 heteroatoms. The normalized spacial score (nSPS) is 18.7. The fraction of sp³-hybridized carbons (Fsp3) is 0.410. The van der Waals surface area contributed by atoms with Crippen LogP contribution in [0.15, 0.2) is 48.9 Å². The Labute approximate surface area is 323 Å². The molecule has 4 amide bonds. The van der Waals surface area contributed by atoms with E-state index in [1.165, 1.54) is 11.0 Å². The number of anilines is 6. The summed E-state index contributed by atoms with van der Waals surface area (Å²) < 4.78 is 21.1. The molecule has 0 bridgehead atoms. The van der Waals surface area contributed by atoms with E-state index in [4.69, 9.17) is 9.72 Å². The third-order valence-corrected chi connectivity index (χ3v) is 11.3. The average molecular weight is 763 g/mol. The first-order valence-electron chi connectivity index (χ1n) is 19.1. The standard InChI is InChI=1S/C39H43FN12O4/c1-24-32(20-43-37-36(24)41-8-15-56-37)50-9-6-26-18-44-38(46-31(26)23-50)45-27-3-2-25(30(40)17-27)16-35(54)49-13-11-48(12-14-49)29-21-51(22-29)33-5-4-28(19-42-33)52-10-7-34(53)47-39(52)55/h2-5,17-20,29,41H,6-16,21-23H2,1H3,(H,44,45,46)(H,47,53,55). The lowest BCUT2D eigenvalue weighted by atomic mass is 10.0. The van der Waals surface area contributed by atoms with Crippen molar-refractivity contribution in [3.63, 3.8) is 0 Å². The van der Waals surface area contributed by atoms with Crippen molar-refractivity contribution >= 4 is 52.4 Å². The number of aromatic nitrogens is 4. The topological polar surface area (TPSA) is 164 Å². The SMILES string of the molecule is Cc1c(N2CCc3cnc(Nc4ccc(CC(=O)N5CCN(C6CN(c7ccc(N8CCC(=O)NC8=O)cn7)C6)CC5)c(F)c4)nc3C2)cnc2c1NCCO2. The molecule has 0 radical (unpaired) electrons. The van der Waals surface area contributed by atoms with Crippen LogP contribution in [0.3, 0.4) is 0 Å². The molecule has 5 aliphatic rings. The van der Waals surface area contributed by atoms with Crippen molar-refractivity contribution in [1.29, 1.82) is 0 Å². The quantitative estimate of drug-likeness (QED) is 0.240. The van der Waals surface area contributed by atoms with Gasteiger partial charge < -0.3 is 30.1 Å². The van der Waals surface area contributed by atoms with Crippen LogP contribution >= 0.6 is 0 Å². The van der Waals surface area contributed by atoms with Gasteiger partial charge in [-0.2, -0.15) is 0 Å². The number of piperazine rings is 1. The van der Waals surface area contributed by atoms with Crippen molar-refractivity contribution in [2.45, 2.75) is 38.8 Å². The number of carbonyl (C=O) groups is 3. The van der Waals surface area contributed by atoms with Crippen LogP contribution in [0.4, 0.5) is 43.7 Å². The number of halogens is 1. The van der Waals surface area contributed by atoms with Crippen molar-refractivity contribution in [3.05, 3.63) is 77.1 Å². The Morgan fingerprint density at radius 2 is 1.82 bits per heavy atom. The van der Waals surface area contributed by atoms with Crippen molar-refractivity contribution in [2.24, 2.45) is 0 Å². The number of imide groups is 1. The van der Waals surface area contributed by atoms with Crippen LogP contribution in [-0.2, 0) is 29.0 Å². The summed E-state index contributed by atoms with van der Waals surface area (Å²) in [6.45, 7) is 9.48. The van der Waals surface area contributed by atoms with E-state index >= 15 is 4.39 Å². The van der Waals surface area contributed by atoms with Gasteiger partial charge in [0.25, 0.3) is 0 Å². The first-order chi connectivity index (χ1) is 27.3. The molecule has 5 aliphatic heterocycles. The summed E-state index contributed by atoms with van der Waals surface area (Å²) in [6, 6.07) is 8.48. The van der Waals surface area contributed by atoms with Crippen LogP contribution in [0.25, 0.3) is 0 Å². The molecule has 0 aliphatic carbocycles. The van der Waals surface area contributed by atoms with Crippen LogP contribution < -0.4 is 35.4 Å². The Bertz CT molecular complexity index is 2170. The summed E-state index contributed by atoms with van der Waals surface area (Å²) in [5, 5.41) is 8.89. The molecule has 8 heterocycles. The average Bonchev–Trinajstić information content (AvgIpc) is 3.19. The first-order valence-corrected chi connectivity index (χ1v) is 19.1. The molecule has 3 fully saturated rings. The molecule has 290 valence electrons. The summed E-state index contributed by atoms with van der Waals surface area (Å²) in [4.78, 5) is 65.4. The maximum Gasteiger partial charge on any atom is 0.328 e. The molecule has 0 unspecified atom stereocenters. The number of rotatable bonds is 8. The van der Waals surface area contributed by atoms with E-state index in [1.54, 1.807) is 18.3 Å². The second-order valence-electron chi connectivity index (χ2n) is 14.8. The van der Waals surface area contributed by atoms with Crippen molar-refractivity contribution < 1.29 is 23.5 Å². The zero-order chi connectivity index (χ0) is 38.3. The van der Waals surface area contributed by atoms with Gasteiger partial charge in [-0.15, -0.1) is 0 Å². The number of hydrogen-bond donors (Lipinski definition) is 3. The smallest absolute Gasteiger partial charge is 0.328 e. The second-order valence-corrected chi connectivity index (χ2v) is 14.8. The molecule has 4 aromatic rings. The lowest BCUT2D eigenvalue weighted by Gasteiger charge is -2.48. The van der Waals surface area contributed by atoms with E-state index in [-0.39, 0.29) is 24.7 Å². The Kier molecular flexibility index (Phi) is 9.44. The number of ether oxygens (including phenoxy) is 1. The third-order valence-electron chi connectivity index (χ3n) is 11.3. The molecule has 0 spiro atoms. The number of pyridine rings is 2. The van der Waals surface area contributed by atoms with Gasteiger partial charge in [0.05, 0.1) is 42.4 Å². The third kappa shape index (κ3) is 7.09. The molecule has 0 saturated carbocycles. The minimum atomic E-state index is -0.454. The lowest BCUT2D eigenvalue weighted by molar-refractivity contribution is -0.132. The molecule has 56 heavy (non-hydrogen) atoms. The fourth-order valence-electron chi connectivity index (χ4n) is 8.02. The highest BCUT2D eigenvalue weighted by atomic mass is 19.1. The van der Waals surface area contributed by atoms with Gasteiger partial charge in [0.15, 0.2) is 0 Å². The summed E-state index contributed by atoms with van der Waals surface area (Å²) >= 11 is 0. The summed E-state index contributed by atoms with van der Waals surface area (Å²) in [7, 11) is 0. The van der Waals surface area contributed by atoms with E-state index in [0.717, 1.165) is 79.7 Å². The van der Waals surface area contributed by atoms with Crippen LogP contribution in [0.1, 0.15) is 28.8 Å². The predicted octanol–water partition coefficient (Wildman–Crippen LogP) is 2.85. The number of urea groups is 1. The Morgan fingerprint density at radius 3 is 2.61 bits per heavy atom. The molecular weight excluding hydrogens is 720 g/mol. The Morgan fingerprint density at radius 1 is 0.964 bits per heavy atom. The van der Waals surface area contributed by atoms with Crippen LogP contribution in [0.2, 0.25) is 0 Å². The number of nitrogens with one attached hydrogen (secondary N) is 3. The van der Waals surface area contributed by atoms with Gasteiger partial charge >= 0.3 is 6.03 Å². The molecular formula is C39H43FN12O4. The van der Waals surface area contributed by atoms with E-state index < -0.39 is 11.8 Å². The van der Waals surface area contributed by atoms with Gasteiger partial charge in [0.1, 0.15) is 23.9 Å². The van der Waals surface area contributed by atoms with Gasteiger partial charge in [-0.1, -0.05) is 6.07 Å². The van der Waals surface area contributed by atoms with Crippen molar-refractivity contribution in [2.75, 3.05) is 90.8 Å². The zero-order valence-electron chi connectivity index (χ0n) is 31.1. The molecule has 3 aromatic heterocycles.